The Morgan fingerprint density at radius 3 is 2.53 bits per heavy atom. The highest BCUT2D eigenvalue weighted by Crippen LogP contribution is 2.44. The molecule has 0 aromatic heterocycles. The minimum atomic E-state index is -4.37. The summed E-state index contributed by atoms with van der Waals surface area (Å²) >= 11 is 0. The Morgan fingerprint density at radius 2 is 2.13 bits per heavy atom. The number of hydrogen-bond acceptors (Lipinski definition) is 3. The monoisotopic (exact) mass is 236 g/mol. The number of carbonyl (C=O) groups is 1. The van der Waals surface area contributed by atoms with Gasteiger partial charge in [0.15, 0.2) is 0 Å². The second kappa shape index (κ2) is 6.77. The van der Waals surface area contributed by atoms with Gasteiger partial charge in [0.25, 0.3) is 0 Å². The van der Waals surface area contributed by atoms with E-state index in [9.17, 15) is 9.36 Å². The second-order valence-electron chi connectivity index (χ2n) is 3.18. The van der Waals surface area contributed by atoms with E-state index in [4.69, 9.17) is 9.79 Å². The van der Waals surface area contributed by atoms with Crippen LogP contribution in [0, 0.1) is 0 Å². The molecule has 0 radical (unpaired) electrons. The molecule has 0 saturated carbocycles. The largest absolute Gasteiger partial charge is 0.446 e. The van der Waals surface area contributed by atoms with Crippen molar-refractivity contribution in [2.45, 2.75) is 38.5 Å². The van der Waals surface area contributed by atoms with Gasteiger partial charge < -0.3 is 14.5 Å². The van der Waals surface area contributed by atoms with Crippen LogP contribution in [0.4, 0.5) is 0 Å². The molecule has 15 heavy (non-hydrogen) atoms. The fourth-order valence-corrected chi connectivity index (χ4v) is 1.81. The number of carbonyl (C=O) groups excluding carboxylic acids is 1. The molecule has 0 aromatic carbocycles. The Labute approximate surface area is 89.3 Å². The summed E-state index contributed by atoms with van der Waals surface area (Å²) in [6.45, 7) is 5.14. The molecule has 0 aliphatic carbocycles. The SMILES string of the molecule is C=CC(=O)OC(CCCCC)P(=O)(O)O. The van der Waals surface area contributed by atoms with Crippen molar-refractivity contribution in [2.24, 2.45) is 0 Å². The highest BCUT2D eigenvalue weighted by Gasteiger charge is 2.31. The van der Waals surface area contributed by atoms with Crippen molar-refractivity contribution in [3.63, 3.8) is 0 Å². The standard InChI is InChI=1S/C9H17O5P/c1-3-5-6-7-9(15(11,12)13)14-8(10)4-2/h4,9H,2-3,5-7H2,1H3,(H2,11,12,13). The van der Waals surface area contributed by atoms with Crippen LogP contribution in [-0.2, 0) is 14.1 Å². The molecule has 0 spiro atoms. The molecule has 0 amide bonds. The van der Waals surface area contributed by atoms with Gasteiger partial charge in [-0.2, -0.15) is 0 Å². The predicted molar refractivity (Wildman–Crippen MR) is 56.3 cm³/mol. The maximum atomic E-state index is 11.0. The maximum Gasteiger partial charge on any atom is 0.365 e. The molecule has 2 N–H and O–H groups in total. The van der Waals surface area contributed by atoms with Crippen molar-refractivity contribution in [3.05, 3.63) is 12.7 Å². The van der Waals surface area contributed by atoms with Crippen LogP contribution in [0.5, 0.6) is 0 Å². The number of unbranched alkanes of at least 4 members (excludes halogenated alkanes) is 2. The van der Waals surface area contributed by atoms with Crippen molar-refractivity contribution in [3.8, 4) is 0 Å². The molecule has 0 aliphatic rings. The molecular formula is C9H17O5P. The average Bonchev–Trinajstić information content (AvgIpc) is 2.14. The summed E-state index contributed by atoms with van der Waals surface area (Å²) in [6, 6.07) is 0. The third-order valence-electron chi connectivity index (χ3n) is 1.85. The minimum Gasteiger partial charge on any atom is -0.446 e. The summed E-state index contributed by atoms with van der Waals surface area (Å²) in [6.07, 6.45) is 3.47. The lowest BCUT2D eigenvalue weighted by molar-refractivity contribution is -0.140. The molecule has 1 atom stereocenters. The first kappa shape index (κ1) is 14.4. The lowest BCUT2D eigenvalue weighted by Crippen LogP contribution is -2.17. The number of ether oxygens (including phenoxy) is 1. The maximum absolute atomic E-state index is 11.0. The van der Waals surface area contributed by atoms with Gasteiger partial charge >= 0.3 is 13.6 Å². The van der Waals surface area contributed by atoms with Crippen molar-refractivity contribution >= 4 is 13.6 Å². The fourth-order valence-electron chi connectivity index (χ4n) is 1.05. The molecule has 0 aliphatic heterocycles. The van der Waals surface area contributed by atoms with Crippen molar-refractivity contribution in [1.29, 1.82) is 0 Å². The topological polar surface area (TPSA) is 83.8 Å². The smallest absolute Gasteiger partial charge is 0.365 e. The van der Waals surface area contributed by atoms with Crippen LogP contribution in [-0.4, -0.2) is 21.6 Å². The van der Waals surface area contributed by atoms with Crippen LogP contribution in [0.3, 0.4) is 0 Å². The molecule has 0 fully saturated rings. The van der Waals surface area contributed by atoms with Gasteiger partial charge in [-0.15, -0.1) is 0 Å². The molecule has 0 bridgehead atoms. The average molecular weight is 236 g/mol. The molecule has 88 valence electrons. The first-order chi connectivity index (χ1) is 6.91. The highest BCUT2D eigenvalue weighted by molar-refractivity contribution is 7.52. The van der Waals surface area contributed by atoms with Gasteiger partial charge in [-0.25, -0.2) is 4.79 Å². The van der Waals surface area contributed by atoms with E-state index in [2.05, 4.69) is 11.3 Å². The minimum absolute atomic E-state index is 0.178. The van der Waals surface area contributed by atoms with E-state index in [1.807, 2.05) is 6.92 Å². The Balaban J connectivity index is 4.26. The van der Waals surface area contributed by atoms with Gasteiger partial charge in [0.2, 0.25) is 5.85 Å². The molecule has 5 nitrogen and oxygen atoms in total. The molecule has 1 unspecified atom stereocenters. The lowest BCUT2D eigenvalue weighted by Gasteiger charge is -2.17. The van der Waals surface area contributed by atoms with Crippen LogP contribution < -0.4 is 0 Å². The van der Waals surface area contributed by atoms with Gasteiger partial charge in [-0.05, 0) is 12.8 Å². The summed E-state index contributed by atoms with van der Waals surface area (Å²) in [4.78, 5) is 28.7. The van der Waals surface area contributed by atoms with Gasteiger partial charge in [-0.1, -0.05) is 26.3 Å². The quantitative estimate of drug-likeness (QED) is 0.305. The van der Waals surface area contributed by atoms with E-state index >= 15 is 0 Å². The highest BCUT2D eigenvalue weighted by atomic mass is 31.2. The van der Waals surface area contributed by atoms with E-state index in [-0.39, 0.29) is 6.42 Å². The molecule has 0 heterocycles. The summed E-state index contributed by atoms with van der Waals surface area (Å²) in [7, 11) is -4.37. The number of esters is 1. The fraction of sp³-hybridized carbons (Fsp3) is 0.667. The summed E-state index contributed by atoms with van der Waals surface area (Å²) < 4.78 is 15.6. The number of rotatable bonds is 7. The van der Waals surface area contributed by atoms with E-state index in [1.54, 1.807) is 0 Å². The molecule has 0 rings (SSSR count). The van der Waals surface area contributed by atoms with Gasteiger partial charge in [0.1, 0.15) is 0 Å². The third-order valence-corrected chi connectivity index (χ3v) is 2.96. The first-order valence-corrected chi connectivity index (χ1v) is 6.48. The van der Waals surface area contributed by atoms with E-state index in [0.717, 1.165) is 18.9 Å². The van der Waals surface area contributed by atoms with Gasteiger partial charge in [0, 0.05) is 6.08 Å². The Bertz CT molecular complexity index is 257. The van der Waals surface area contributed by atoms with Crippen molar-refractivity contribution in [2.75, 3.05) is 0 Å². The zero-order valence-corrected chi connectivity index (χ0v) is 9.65. The summed E-state index contributed by atoms with van der Waals surface area (Å²) in [5, 5.41) is 0. The van der Waals surface area contributed by atoms with E-state index in [1.165, 1.54) is 0 Å². The summed E-state index contributed by atoms with van der Waals surface area (Å²) in [5.41, 5.74) is 0. The van der Waals surface area contributed by atoms with E-state index in [0.29, 0.717) is 6.42 Å². The molecule has 0 aromatic rings. The van der Waals surface area contributed by atoms with Crippen LogP contribution in [0.1, 0.15) is 32.6 Å². The van der Waals surface area contributed by atoms with Crippen LogP contribution in [0.25, 0.3) is 0 Å². The lowest BCUT2D eigenvalue weighted by atomic mass is 10.2. The summed E-state index contributed by atoms with van der Waals surface area (Å²) in [5.74, 6) is -2.14. The zero-order chi connectivity index (χ0) is 11.9. The van der Waals surface area contributed by atoms with Crippen LogP contribution in [0.2, 0.25) is 0 Å². The second-order valence-corrected chi connectivity index (χ2v) is 4.93. The molecule has 0 saturated heterocycles. The van der Waals surface area contributed by atoms with Crippen LogP contribution >= 0.6 is 7.60 Å². The van der Waals surface area contributed by atoms with Crippen molar-refractivity contribution in [1.82, 2.24) is 0 Å². The van der Waals surface area contributed by atoms with Crippen LogP contribution in [0.15, 0.2) is 12.7 Å². The molecule has 6 heteroatoms. The molecular weight excluding hydrogens is 219 g/mol. The Kier molecular flexibility index (Phi) is 6.48. The third kappa shape index (κ3) is 6.44. The first-order valence-electron chi connectivity index (χ1n) is 4.80. The number of hydrogen-bond donors (Lipinski definition) is 2. The van der Waals surface area contributed by atoms with E-state index < -0.39 is 19.4 Å². The predicted octanol–water partition coefficient (Wildman–Crippen LogP) is 1.80. The normalized spacial score (nSPS) is 13.3. The van der Waals surface area contributed by atoms with Gasteiger partial charge in [-0.3, -0.25) is 4.57 Å². The zero-order valence-electron chi connectivity index (χ0n) is 8.76. The Morgan fingerprint density at radius 1 is 1.53 bits per heavy atom. The Hall–Kier alpha value is -0.640. The van der Waals surface area contributed by atoms with Crippen molar-refractivity contribution < 1.29 is 23.9 Å². The van der Waals surface area contributed by atoms with Gasteiger partial charge in [0.05, 0.1) is 0 Å².